The molecule has 2 aromatic carbocycles. The van der Waals surface area contributed by atoms with Crippen LogP contribution in [0.25, 0.3) is 0 Å². The van der Waals surface area contributed by atoms with Gasteiger partial charge in [0.15, 0.2) is 5.13 Å². The third-order valence-corrected chi connectivity index (χ3v) is 6.83. The number of nitrogens with one attached hydrogen (secondary N) is 2. The predicted octanol–water partition coefficient (Wildman–Crippen LogP) is 5.61. The molecule has 0 saturated heterocycles. The van der Waals surface area contributed by atoms with Crippen LogP contribution in [0.15, 0.2) is 71.4 Å². The molecule has 2 amide bonds. The summed E-state index contributed by atoms with van der Waals surface area (Å²) in [7, 11) is 0. The number of nitrogens with zero attached hydrogens (tertiary/aromatic N) is 1. The van der Waals surface area contributed by atoms with Crippen LogP contribution in [0.1, 0.15) is 45.0 Å². The van der Waals surface area contributed by atoms with Crippen LogP contribution in [0.3, 0.4) is 0 Å². The number of carbonyl (C=O) groups is 2. The van der Waals surface area contributed by atoms with E-state index in [0.29, 0.717) is 10.8 Å². The Morgan fingerprint density at radius 3 is 2.52 bits per heavy atom. The van der Waals surface area contributed by atoms with Crippen molar-refractivity contribution in [3.05, 3.63) is 105 Å². The molecular weight excluding hydrogens is 457 g/mol. The van der Waals surface area contributed by atoms with Crippen molar-refractivity contribution in [1.82, 2.24) is 10.3 Å². The summed E-state index contributed by atoms with van der Waals surface area (Å²) >= 11 is 2.78. The van der Waals surface area contributed by atoms with E-state index in [0.717, 1.165) is 16.9 Å². The summed E-state index contributed by atoms with van der Waals surface area (Å²) in [6.45, 7) is 2.11. The lowest BCUT2D eigenvalue weighted by atomic mass is 10.0. The van der Waals surface area contributed by atoms with Crippen molar-refractivity contribution in [2.24, 2.45) is 0 Å². The third kappa shape index (κ3) is 5.71. The molecule has 1 atom stereocenters. The van der Waals surface area contributed by atoms with Gasteiger partial charge in [0.25, 0.3) is 5.91 Å². The fraction of sp³-hybridized carbons (Fsp3) is 0.160. The highest BCUT2D eigenvalue weighted by atomic mass is 32.1. The molecule has 0 aliphatic heterocycles. The lowest BCUT2D eigenvalue weighted by Gasteiger charge is -2.18. The Labute approximate surface area is 199 Å². The van der Waals surface area contributed by atoms with Gasteiger partial charge in [-0.05, 0) is 41.1 Å². The van der Waals surface area contributed by atoms with E-state index in [1.54, 1.807) is 22.8 Å². The van der Waals surface area contributed by atoms with Gasteiger partial charge in [0.1, 0.15) is 5.82 Å². The van der Waals surface area contributed by atoms with Gasteiger partial charge in [-0.1, -0.05) is 49.4 Å². The van der Waals surface area contributed by atoms with Crippen molar-refractivity contribution in [2.45, 2.75) is 25.8 Å². The number of hydrogen-bond donors (Lipinski definition) is 2. The first kappa shape index (κ1) is 22.8. The van der Waals surface area contributed by atoms with Gasteiger partial charge in [-0.2, -0.15) is 0 Å². The minimum Gasteiger partial charge on any atom is -0.344 e. The zero-order chi connectivity index (χ0) is 23.2. The molecule has 2 aromatic heterocycles. The zero-order valence-corrected chi connectivity index (χ0v) is 19.5. The first-order valence-electron chi connectivity index (χ1n) is 10.5. The van der Waals surface area contributed by atoms with Crippen LogP contribution in [0, 0.1) is 5.82 Å². The minimum absolute atomic E-state index is 0.0557. The Morgan fingerprint density at radius 2 is 1.82 bits per heavy atom. The van der Waals surface area contributed by atoms with Crippen molar-refractivity contribution in [3.8, 4) is 0 Å². The normalized spacial score (nSPS) is 11.7. The SMILES string of the molecule is CCc1ccc(C(NC(=O)Cc2csc(NC(=O)c3ccccc3F)n2)c2cccs2)cc1. The molecule has 0 aliphatic carbocycles. The van der Waals surface area contributed by atoms with Crippen molar-refractivity contribution in [3.63, 3.8) is 0 Å². The summed E-state index contributed by atoms with van der Waals surface area (Å²) in [4.78, 5) is 30.5. The van der Waals surface area contributed by atoms with Crippen molar-refractivity contribution >= 4 is 39.6 Å². The summed E-state index contributed by atoms with van der Waals surface area (Å²) < 4.78 is 13.8. The molecule has 0 aliphatic rings. The number of benzene rings is 2. The van der Waals surface area contributed by atoms with E-state index in [-0.39, 0.29) is 23.9 Å². The number of hydrogen-bond acceptors (Lipinski definition) is 5. The van der Waals surface area contributed by atoms with Gasteiger partial charge >= 0.3 is 0 Å². The van der Waals surface area contributed by atoms with Gasteiger partial charge in [-0.15, -0.1) is 22.7 Å². The Kier molecular flexibility index (Phi) is 7.26. The Balaban J connectivity index is 1.42. The summed E-state index contributed by atoms with van der Waals surface area (Å²) in [5.74, 6) is -1.35. The van der Waals surface area contributed by atoms with Crippen LogP contribution in [0.5, 0.6) is 0 Å². The van der Waals surface area contributed by atoms with Crippen LogP contribution in [-0.2, 0) is 17.6 Å². The molecule has 5 nitrogen and oxygen atoms in total. The molecule has 4 rings (SSSR count). The molecule has 2 heterocycles. The molecule has 33 heavy (non-hydrogen) atoms. The molecule has 0 fully saturated rings. The van der Waals surface area contributed by atoms with Crippen LogP contribution >= 0.6 is 22.7 Å². The quantitative estimate of drug-likeness (QED) is 0.345. The van der Waals surface area contributed by atoms with Crippen molar-refractivity contribution in [2.75, 3.05) is 5.32 Å². The smallest absolute Gasteiger partial charge is 0.260 e. The van der Waals surface area contributed by atoms with Gasteiger partial charge in [-0.3, -0.25) is 14.9 Å². The van der Waals surface area contributed by atoms with Gasteiger partial charge in [-0.25, -0.2) is 9.37 Å². The van der Waals surface area contributed by atoms with E-state index in [1.807, 2.05) is 29.6 Å². The van der Waals surface area contributed by atoms with Crippen LogP contribution in [0.2, 0.25) is 0 Å². The molecule has 0 radical (unpaired) electrons. The highest BCUT2D eigenvalue weighted by Gasteiger charge is 2.19. The van der Waals surface area contributed by atoms with E-state index in [1.165, 1.54) is 35.1 Å². The highest BCUT2D eigenvalue weighted by Crippen LogP contribution is 2.27. The van der Waals surface area contributed by atoms with Crippen LogP contribution in [0.4, 0.5) is 9.52 Å². The maximum absolute atomic E-state index is 13.8. The lowest BCUT2D eigenvalue weighted by molar-refractivity contribution is -0.121. The molecular formula is C25H22FN3O2S2. The molecule has 0 spiro atoms. The van der Waals surface area contributed by atoms with Crippen molar-refractivity contribution in [1.29, 1.82) is 0 Å². The van der Waals surface area contributed by atoms with Gasteiger partial charge < -0.3 is 5.32 Å². The molecule has 168 valence electrons. The second kappa shape index (κ2) is 10.5. The first-order chi connectivity index (χ1) is 16.0. The summed E-state index contributed by atoms with van der Waals surface area (Å²) in [5.41, 5.74) is 2.73. The Morgan fingerprint density at radius 1 is 1.03 bits per heavy atom. The number of aromatic nitrogens is 1. The van der Waals surface area contributed by atoms with E-state index in [4.69, 9.17) is 0 Å². The predicted molar refractivity (Wildman–Crippen MR) is 130 cm³/mol. The fourth-order valence-corrected chi connectivity index (χ4v) is 4.86. The topological polar surface area (TPSA) is 71.1 Å². The largest absolute Gasteiger partial charge is 0.344 e. The average molecular weight is 480 g/mol. The molecule has 2 N–H and O–H groups in total. The molecule has 0 saturated carbocycles. The van der Waals surface area contributed by atoms with E-state index >= 15 is 0 Å². The number of carbonyl (C=O) groups excluding carboxylic acids is 2. The average Bonchev–Trinajstić information content (AvgIpc) is 3.50. The number of amides is 2. The van der Waals surface area contributed by atoms with E-state index in [2.05, 4.69) is 34.7 Å². The number of thiophene rings is 1. The van der Waals surface area contributed by atoms with E-state index < -0.39 is 11.7 Å². The maximum Gasteiger partial charge on any atom is 0.260 e. The standard InChI is InChI=1S/C25H22FN3O2S2/c1-2-16-9-11-17(12-10-16)23(21-8-5-13-32-21)28-22(30)14-18-15-33-25(27-18)29-24(31)19-6-3-4-7-20(19)26/h3-13,15,23H,2,14H2,1H3,(H,28,30)(H,27,29,31). The lowest BCUT2D eigenvalue weighted by Crippen LogP contribution is -2.30. The Bertz CT molecular complexity index is 1240. The Hall–Kier alpha value is -3.36. The second-order valence-corrected chi connectivity index (χ2v) is 9.20. The summed E-state index contributed by atoms with van der Waals surface area (Å²) in [6, 6.07) is 17.7. The second-order valence-electron chi connectivity index (χ2n) is 7.37. The van der Waals surface area contributed by atoms with E-state index in [9.17, 15) is 14.0 Å². The number of rotatable bonds is 8. The summed E-state index contributed by atoms with van der Waals surface area (Å²) in [5, 5.41) is 9.71. The summed E-state index contributed by atoms with van der Waals surface area (Å²) in [6.07, 6.45) is 1.02. The third-order valence-electron chi connectivity index (χ3n) is 5.09. The van der Waals surface area contributed by atoms with Crippen molar-refractivity contribution < 1.29 is 14.0 Å². The fourth-order valence-electron chi connectivity index (χ4n) is 3.35. The highest BCUT2D eigenvalue weighted by molar-refractivity contribution is 7.14. The maximum atomic E-state index is 13.8. The van der Waals surface area contributed by atoms with Gasteiger partial charge in [0.05, 0.1) is 23.7 Å². The number of thiazole rings is 1. The number of anilines is 1. The number of halogens is 1. The minimum atomic E-state index is -0.599. The molecule has 8 heteroatoms. The van der Waals surface area contributed by atoms with Gasteiger partial charge in [0.2, 0.25) is 5.91 Å². The monoisotopic (exact) mass is 479 g/mol. The number of aryl methyl sites for hydroxylation is 1. The first-order valence-corrected chi connectivity index (χ1v) is 12.2. The molecule has 0 bridgehead atoms. The van der Waals surface area contributed by atoms with Gasteiger partial charge in [0, 0.05) is 10.3 Å². The molecule has 1 unspecified atom stereocenters. The van der Waals surface area contributed by atoms with Crippen LogP contribution < -0.4 is 10.6 Å². The van der Waals surface area contributed by atoms with Crippen LogP contribution in [-0.4, -0.2) is 16.8 Å². The zero-order valence-electron chi connectivity index (χ0n) is 17.9. The molecule has 4 aromatic rings.